The minimum absolute atomic E-state index is 0.222. The number of likely N-dealkylation sites (N-methyl/N-ethyl adjacent to an activating group) is 3. The van der Waals surface area contributed by atoms with Crippen molar-refractivity contribution >= 4 is 5.69 Å². The molecule has 1 aliphatic rings. The number of anilines is 1. The summed E-state index contributed by atoms with van der Waals surface area (Å²) in [6.07, 6.45) is 4.87. The van der Waals surface area contributed by atoms with E-state index in [0.29, 0.717) is 6.04 Å². The molecule has 0 bridgehead atoms. The Morgan fingerprint density at radius 2 is 2.25 bits per heavy atom. The van der Waals surface area contributed by atoms with Gasteiger partial charge in [0.25, 0.3) is 0 Å². The number of nitrogens with two attached hydrogens (primary N) is 1. The van der Waals surface area contributed by atoms with Gasteiger partial charge in [-0.05, 0) is 46.2 Å². The van der Waals surface area contributed by atoms with Crippen molar-refractivity contribution in [2.75, 3.05) is 46.0 Å². The van der Waals surface area contributed by atoms with Crippen molar-refractivity contribution < 1.29 is 0 Å². The Hall–Kier alpha value is -1.17. The van der Waals surface area contributed by atoms with Gasteiger partial charge >= 0.3 is 0 Å². The minimum Gasteiger partial charge on any atom is -0.398 e. The maximum atomic E-state index is 6.17. The lowest BCUT2D eigenvalue weighted by Crippen LogP contribution is -2.47. The van der Waals surface area contributed by atoms with Crippen molar-refractivity contribution in [3.63, 3.8) is 0 Å². The number of hydrogen-bond acceptors (Lipinski definition) is 5. The number of aromatic nitrogens is 1. The van der Waals surface area contributed by atoms with E-state index in [-0.39, 0.29) is 6.04 Å². The molecule has 5 nitrogen and oxygen atoms in total. The lowest BCUT2D eigenvalue weighted by Gasteiger charge is -2.35. The Kier molecular flexibility index (Phi) is 5.34. The molecule has 1 fully saturated rings. The van der Waals surface area contributed by atoms with Gasteiger partial charge < -0.3 is 20.9 Å². The van der Waals surface area contributed by atoms with Crippen LogP contribution in [0.3, 0.4) is 0 Å². The molecule has 1 saturated heterocycles. The molecule has 2 heterocycles. The lowest BCUT2D eigenvalue weighted by molar-refractivity contribution is 0.179. The first-order valence-electron chi connectivity index (χ1n) is 7.45. The van der Waals surface area contributed by atoms with Gasteiger partial charge in [-0.2, -0.15) is 0 Å². The Labute approximate surface area is 122 Å². The highest BCUT2D eigenvalue weighted by Crippen LogP contribution is 2.26. The number of rotatable bonds is 4. The quantitative estimate of drug-likeness (QED) is 0.858. The van der Waals surface area contributed by atoms with Gasteiger partial charge in [0, 0.05) is 36.2 Å². The molecule has 2 rings (SSSR count). The molecule has 5 heteroatoms. The fraction of sp³-hybridized carbons (Fsp3) is 0.667. The van der Waals surface area contributed by atoms with Crippen molar-refractivity contribution in [1.29, 1.82) is 0 Å². The van der Waals surface area contributed by atoms with Gasteiger partial charge in [0.1, 0.15) is 0 Å². The van der Waals surface area contributed by atoms with Crippen LogP contribution in [0, 0.1) is 0 Å². The lowest BCUT2D eigenvalue weighted by atomic mass is 9.98. The highest BCUT2D eigenvalue weighted by atomic mass is 15.2. The monoisotopic (exact) mass is 277 g/mol. The van der Waals surface area contributed by atoms with Crippen LogP contribution in [-0.4, -0.2) is 61.1 Å². The van der Waals surface area contributed by atoms with E-state index in [4.69, 9.17) is 5.73 Å². The highest BCUT2D eigenvalue weighted by molar-refractivity contribution is 5.46. The summed E-state index contributed by atoms with van der Waals surface area (Å²) < 4.78 is 0. The van der Waals surface area contributed by atoms with Crippen LogP contribution >= 0.6 is 0 Å². The summed E-state index contributed by atoms with van der Waals surface area (Å²) in [5, 5.41) is 3.60. The van der Waals surface area contributed by atoms with Gasteiger partial charge in [-0.1, -0.05) is 6.92 Å². The van der Waals surface area contributed by atoms with Crippen molar-refractivity contribution in [2.24, 2.45) is 0 Å². The predicted octanol–water partition coefficient (Wildman–Crippen LogP) is 0.950. The molecule has 112 valence electrons. The van der Waals surface area contributed by atoms with E-state index >= 15 is 0 Å². The van der Waals surface area contributed by atoms with Crippen LogP contribution in [0.4, 0.5) is 5.69 Å². The molecule has 0 aromatic carbocycles. The van der Waals surface area contributed by atoms with Gasteiger partial charge in [-0.25, -0.2) is 0 Å². The molecule has 1 aliphatic heterocycles. The van der Waals surface area contributed by atoms with Gasteiger partial charge in [0.2, 0.25) is 0 Å². The minimum atomic E-state index is 0.222. The van der Waals surface area contributed by atoms with E-state index in [1.54, 1.807) is 6.20 Å². The first-order chi connectivity index (χ1) is 9.63. The van der Waals surface area contributed by atoms with Crippen molar-refractivity contribution in [3.8, 4) is 0 Å². The maximum Gasteiger partial charge on any atom is 0.0526 e. The van der Waals surface area contributed by atoms with Crippen LogP contribution in [-0.2, 0) is 0 Å². The molecule has 0 aliphatic carbocycles. The second-order valence-electron chi connectivity index (χ2n) is 5.70. The van der Waals surface area contributed by atoms with Gasteiger partial charge in [-0.15, -0.1) is 0 Å². The first-order valence-corrected chi connectivity index (χ1v) is 7.45. The van der Waals surface area contributed by atoms with Crippen LogP contribution in [0.2, 0.25) is 0 Å². The molecule has 20 heavy (non-hydrogen) atoms. The van der Waals surface area contributed by atoms with Crippen molar-refractivity contribution in [2.45, 2.75) is 25.4 Å². The molecule has 0 spiro atoms. The smallest absolute Gasteiger partial charge is 0.0526 e. The predicted molar refractivity (Wildman–Crippen MR) is 83.6 cm³/mol. The molecule has 2 unspecified atom stereocenters. The van der Waals surface area contributed by atoms with Crippen LogP contribution in [0.5, 0.6) is 0 Å². The third-order valence-electron chi connectivity index (χ3n) is 4.15. The molecule has 0 radical (unpaired) electrons. The van der Waals surface area contributed by atoms with E-state index < -0.39 is 0 Å². The zero-order chi connectivity index (χ0) is 14.5. The van der Waals surface area contributed by atoms with Gasteiger partial charge in [0.05, 0.1) is 6.04 Å². The number of pyridine rings is 1. The van der Waals surface area contributed by atoms with Gasteiger partial charge in [0.15, 0.2) is 0 Å². The molecule has 0 amide bonds. The third kappa shape index (κ3) is 3.48. The number of hydrogen-bond donors (Lipinski definition) is 2. The second-order valence-corrected chi connectivity index (χ2v) is 5.70. The van der Waals surface area contributed by atoms with E-state index in [9.17, 15) is 0 Å². The van der Waals surface area contributed by atoms with E-state index in [0.717, 1.165) is 37.4 Å². The second kappa shape index (κ2) is 7.02. The molecule has 2 atom stereocenters. The molecular weight excluding hydrogens is 250 g/mol. The zero-order valence-electron chi connectivity index (χ0n) is 12.8. The largest absolute Gasteiger partial charge is 0.398 e. The van der Waals surface area contributed by atoms with Crippen LogP contribution in [0.1, 0.15) is 24.9 Å². The average molecular weight is 277 g/mol. The fourth-order valence-corrected chi connectivity index (χ4v) is 3.02. The summed E-state index contributed by atoms with van der Waals surface area (Å²) in [5.74, 6) is 0. The summed E-state index contributed by atoms with van der Waals surface area (Å²) in [4.78, 5) is 9.11. The molecule has 0 saturated carbocycles. The SMILES string of the molecule is CCNC(c1cnccc1N)C1CN(C)CCCN1C. The number of nitrogens with zero attached hydrogens (tertiary/aromatic N) is 3. The third-order valence-corrected chi connectivity index (χ3v) is 4.15. The zero-order valence-corrected chi connectivity index (χ0v) is 12.8. The summed E-state index contributed by atoms with van der Waals surface area (Å²) in [6.45, 7) is 6.38. The maximum absolute atomic E-state index is 6.17. The normalized spacial score (nSPS) is 23.4. The summed E-state index contributed by atoms with van der Waals surface area (Å²) in [6, 6.07) is 2.52. The molecule has 1 aromatic rings. The topological polar surface area (TPSA) is 57.4 Å². The molecule has 3 N–H and O–H groups in total. The standard InChI is InChI=1S/C15H27N5/c1-4-18-15(12-10-17-7-6-13(12)16)14-11-19(2)8-5-9-20(14)3/h6-7,10,14-15,18H,4-5,8-9,11H2,1-3H3,(H2,16,17). The average Bonchev–Trinajstić information content (AvgIpc) is 2.59. The Morgan fingerprint density at radius 1 is 1.45 bits per heavy atom. The highest BCUT2D eigenvalue weighted by Gasteiger charge is 2.30. The molecular formula is C15H27N5. The summed E-state index contributed by atoms with van der Waals surface area (Å²) >= 11 is 0. The van der Waals surface area contributed by atoms with Crippen LogP contribution < -0.4 is 11.1 Å². The molecule has 1 aromatic heterocycles. The van der Waals surface area contributed by atoms with Crippen LogP contribution in [0.15, 0.2) is 18.5 Å². The number of nitrogen functional groups attached to an aromatic ring is 1. The first kappa shape index (κ1) is 15.2. The Morgan fingerprint density at radius 3 is 2.95 bits per heavy atom. The Balaban J connectivity index is 2.28. The fourth-order valence-electron chi connectivity index (χ4n) is 3.02. The van der Waals surface area contributed by atoms with E-state index in [2.05, 4.69) is 41.1 Å². The van der Waals surface area contributed by atoms with Crippen LogP contribution in [0.25, 0.3) is 0 Å². The number of nitrogens with one attached hydrogen (secondary N) is 1. The van der Waals surface area contributed by atoms with Crippen molar-refractivity contribution in [3.05, 3.63) is 24.0 Å². The van der Waals surface area contributed by atoms with Gasteiger partial charge in [-0.3, -0.25) is 4.98 Å². The van der Waals surface area contributed by atoms with E-state index in [1.807, 2.05) is 12.3 Å². The summed E-state index contributed by atoms with van der Waals surface area (Å²) in [5.41, 5.74) is 8.10. The van der Waals surface area contributed by atoms with Crippen molar-refractivity contribution in [1.82, 2.24) is 20.1 Å². The van der Waals surface area contributed by atoms with E-state index in [1.165, 1.54) is 6.42 Å². The summed E-state index contributed by atoms with van der Waals surface area (Å²) in [7, 11) is 4.41. The Bertz CT molecular complexity index is 422.